The molecule has 1 aromatic carbocycles. The van der Waals surface area contributed by atoms with Crippen molar-refractivity contribution in [2.75, 3.05) is 32.1 Å². The highest BCUT2D eigenvalue weighted by atomic mass is 32.2. The van der Waals surface area contributed by atoms with Crippen molar-refractivity contribution in [3.63, 3.8) is 0 Å². The number of likely N-dealkylation sites (N-methyl/N-ethyl adjacent to an activating group) is 1. The van der Waals surface area contributed by atoms with Gasteiger partial charge in [-0.05, 0) is 18.2 Å². The first-order valence-corrected chi connectivity index (χ1v) is 10.5. The van der Waals surface area contributed by atoms with Crippen LogP contribution < -0.4 is 11.1 Å². The second-order valence-electron chi connectivity index (χ2n) is 5.60. The summed E-state index contributed by atoms with van der Waals surface area (Å²) in [6.45, 7) is 2.16. The number of halogens is 1. The lowest BCUT2D eigenvalue weighted by Crippen LogP contribution is -2.33. The highest BCUT2D eigenvalue weighted by Gasteiger charge is 2.28. The number of thiophene rings is 1. The molecule has 1 aromatic heterocycles. The van der Waals surface area contributed by atoms with Gasteiger partial charge in [-0.3, -0.25) is 9.59 Å². The molecule has 0 atom stereocenters. The van der Waals surface area contributed by atoms with Crippen LogP contribution in [0.25, 0.3) is 0 Å². The number of carbonyl (C=O) groups is 2. The Morgan fingerprint density at radius 3 is 2.54 bits per heavy atom. The van der Waals surface area contributed by atoms with E-state index in [1.807, 2.05) is 0 Å². The molecule has 152 valence electrons. The van der Waals surface area contributed by atoms with E-state index in [1.165, 1.54) is 29.6 Å². The van der Waals surface area contributed by atoms with Crippen molar-refractivity contribution < 1.29 is 27.1 Å². The van der Waals surface area contributed by atoms with E-state index in [-0.39, 0.29) is 40.0 Å². The van der Waals surface area contributed by atoms with Crippen molar-refractivity contribution in [2.24, 2.45) is 5.73 Å². The van der Waals surface area contributed by atoms with Crippen molar-refractivity contribution in [2.45, 2.75) is 11.1 Å². The molecule has 2 amide bonds. The fourth-order valence-electron chi connectivity index (χ4n) is 2.36. The van der Waals surface area contributed by atoms with Gasteiger partial charge in [0.05, 0.1) is 17.7 Å². The number of carbonyl (C=O) groups excluding carboxylic acids is 2. The molecule has 0 spiro atoms. The Bertz CT molecular complexity index is 975. The normalized spacial score (nSPS) is 11.6. The van der Waals surface area contributed by atoms with Crippen LogP contribution in [-0.2, 0) is 14.8 Å². The molecule has 1 heterocycles. The number of nitrogens with two attached hydrogens (primary N) is 1. The monoisotopic (exact) mass is 429 g/mol. The standard InChI is InChI=1S/C17H20FN3O5S2/c1-3-21(8-9-26-2)28(24,25)14-10-12(15(19)22)17(27-14)20-16(23)11-6-4-5-7-13(11)18/h4-7,10H,3,8-9H2,1-2H3,(H2,19,22)(H,20,23). The van der Waals surface area contributed by atoms with E-state index in [1.54, 1.807) is 6.92 Å². The Morgan fingerprint density at radius 2 is 1.96 bits per heavy atom. The molecule has 2 aromatic rings. The molecule has 0 unspecified atom stereocenters. The zero-order chi connectivity index (χ0) is 20.9. The van der Waals surface area contributed by atoms with Gasteiger partial charge >= 0.3 is 0 Å². The lowest BCUT2D eigenvalue weighted by molar-refractivity contribution is 0.100. The smallest absolute Gasteiger partial charge is 0.259 e. The molecule has 0 bridgehead atoms. The summed E-state index contributed by atoms with van der Waals surface area (Å²) in [4.78, 5) is 24.1. The summed E-state index contributed by atoms with van der Waals surface area (Å²) in [7, 11) is -2.48. The number of hydrogen-bond acceptors (Lipinski definition) is 6. The molecule has 3 N–H and O–H groups in total. The summed E-state index contributed by atoms with van der Waals surface area (Å²) < 4.78 is 45.4. The third-order valence-electron chi connectivity index (χ3n) is 3.81. The summed E-state index contributed by atoms with van der Waals surface area (Å²) in [6.07, 6.45) is 0. The maximum absolute atomic E-state index is 13.8. The predicted octanol–water partition coefficient (Wildman–Crippen LogP) is 1.90. The Balaban J connectivity index is 2.39. The first-order valence-electron chi connectivity index (χ1n) is 8.21. The molecule has 0 aliphatic rings. The van der Waals surface area contributed by atoms with E-state index in [9.17, 15) is 22.4 Å². The third-order valence-corrected chi connectivity index (χ3v) is 7.29. The van der Waals surface area contributed by atoms with E-state index in [0.717, 1.165) is 12.1 Å². The van der Waals surface area contributed by atoms with E-state index in [4.69, 9.17) is 10.5 Å². The van der Waals surface area contributed by atoms with Gasteiger partial charge in [-0.2, -0.15) is 4.31 Å². The SMILES string of the molecule is CCN(CCOC)S(=O)(=O)c1cc(C(N)=O)c(NC(=O)c2ccccc2F)s1. The van der Waals surface area contributed by atoms with Crippen LogP contribution in [0.4, 0.5) is 9.39 Å². The van der Waals surface area contributed by atoms with Gasteiger partial charge in [-0.15, -0.1) is 11.3 Å². The van der Waals surface area contributed by atoms with Crippen LogP contribution in [0.2, 0.25) is 0 Å². The number of nitrogens with one attached hydrogen (secondary N) is 1. The van der Waals surface area contributed by atoms with Crippen LogP contribution in [0.1, 0.15) is 27.6 Å². The maximum atomic E-state index is 13.8. The predicted molar refractivity (Wildman–Crippen MR) is 103 cm³/mol. The van der Waals surface area contributed by atoms with E-state index in [0.29, 0.717) is 11.3 Å². The minimum atomic E-state index is -3.93. The highest BCUT2D eigenvalue weighted by molar-refractivity contribution is 7.91. The molecule has 0 aliphatic heterocycles. The molecule has 0 aliphatic carbocycles. The van der Waals surface area contributed by atoms with Gasteiger partial charge in [0.1, 0.15) is 15.0 Å². The number of rotatable bonds is 9. The van der Waals surface area contributed by atoms with Gasteiger partial charge in [0.25, 0.3) is 21.8 Å². The average Bonchev–Trinajstić information content (AvgIpc) is 3.07. The number of primary amides is 1. The third kappa shape index (κ3) is 4.73. The molecular formula is C17H20FN3O5S2. The minimum absolute atomic E-state index is 0.0675. The lowest BCUT2D eigenvalue weighted by Gasteiger charge is -2.18. The molecule has 0 radical (unpaired) electrons. The van der Waals surface area contributed by atoms with Crippen molar-refractivity contribution in [1.29, 1.82) is 0 Å². The summed E-state index contributed by atoms with van der Waals surface area (Å²) in [5, 5.41) is 2.31. The number of hydrogen-bond donors (Lipinski definition) is 2. The second-order valence-corrected chi connectivity index (χ2v) is 8.81. The Hall–Kier alpha value is -2.34. The number of methoxy groups -OCH3 is 1. The molecule has 0 saturated carbocycles. The minimum Gasteiger partial charge on any atom is -0.383 e. The van der Waals surface area contributed by atoms with Gasteiger partial charge in [-0.25, -0.2) is 12.8 Å². The van der Waals surface area contributed by atoms with E-state index < -0.39 is 27.7 Å². The summed E-state index contributed by atoms with van der Waals surface area (Å²) in [5.41, 5.74) is 4.90. The quantitative estimate of drug-likeness (QED) is 0.631. The van der Waals surface area contributed by atoms with Crippen LogP contribution in [0.15, 0.2) is 34.5 Å². The molecule has 11 heteroatoms. The molecule has 0 fully saturated rings. The first kappa shape index (κ1) is 22.0. The summed E-state index contributed by atoms with van der Waals surface area (Å²) in [5.74, 6) is -2.48. The number of nitrogens with zero attached hydrogens (tertiary/aromatic N) is 1. The molecule has 28 heavy (non-hydrogen) atoms. The maximum Gasteiger partial charge on any atom is 0.259 e. The fraction of sp³-hybridized carbons (Fsp3) is 0.294. The number of ether oxygens (including phenoxy) is 1. The summed E-state index contributed by atoms with van der Waals surface area (Å²) in [6, 6.07) is 6.39. The Morgan fingerprint density at radius 1 is 1.29 bits per heavy atom. The molecule has 2 rings (SSSR count). The molecule has 8 nitrogen and oxygen atoms in total. The van der Waals surface area contributed by atoms with Crippen LogP contribution in [0, 0.1) is 5.82 Å². The van der Waals surface area contributed by atoms with Gasteiger partial charge in [0, 0.05) is 20.2 Å². The van der Waals surface area contributed by atoms with Crippen LogP contribution >= 0.6 is 11.3 Å². The zero-order valence-electron chi connectivity index (χ0n) is 15.3. The first-order chi connectivity index (χ1) is 13.2. The lowest BCUT2D eigenvalue weighted by atomic mass is 10.2. The van der Waals surface area contributed by atoms with Crippen LogP contribution in [0.3, 0.4) is 0 Å². The number of amides is 2. The molecular weight excluding hydrogens is 409 g/mol. The second kappa shape index (κ2) is 9.24. The van der Waals surface area contributed by atoms with Crippen molar-refractivity contribution in [3.05, 3.63) is 47.3 Å². The largest absolute Gasteiger partial charge is 0.383 e. The van der Waals surface area contributed by atoms with Crippen LogP contribution in [-0.4, -0.2) is 51.3 Å². The van der Waals surface area contributed by atoms with Crippen molar-refractivity contribution in [1.82, 2.24) is 4.31 Å². The Labute approximate surface area is 166 Å². The molecule has 0 saturated heterocycles. The average molecular weight is 429 g/mol. The topological polar surface area (TPSA) is 119 Å². The van der Waals surface area contributed by atoms with Crippen LogP contribution in [0.5, 0.6) is 0 Å². The van der Waals surface area contributed by atoms with E-state index in [2.05, 4.69) is 5.32 Å². The van der Waals surface area contributed by atoms with Gasteiger partial charge in [0.15, 0.2) is 0 Å². The van der Waals surface area contributed by atoms with E-state index >= 15 is 0 Å². The number of sulfonamides is 1. The fourth-order valence-corrected chi connectivity index (χ4v) is 5.31. The zero-order valence-corrected chi connectivity index (χ0v) is 16.9. The number of benzene rings is 1. The summed E-state index contributed by atoms with van der Waals surface area (Å²) >= 11 is 0.675. The highest BCUT2D eigenvalue weighted by Crippen LogP contribution is 2.33. The van der Waals surface area contributed by atoms with Gasteiger partial charge < -0.3 is 15.8 Å². The number of anilines is 1. The van der Waals surface area contributed by atoms with Crippen molar-refractivity contribution in [3.8, 4) is 0 Å². The Kier molecular flexibility index (Phi) is 7.24. The van der Waals surface area contributed by atoms with Gasteiger partial charge in [0.2, 0.25) is 0 Å². The van der Waals surface area contributed by atoms with Crippen molar-refractivity contribution >= 4 is 38.2 Å². The van der Waals surface area contributed by atoms with Gasteiger partial charge in [-0.1, -0.05) is 19.1 Å².